The Hall–Kier alpha value is -3.42. The molecule has 1 aliphatic rings. The van der Waals surface area contributed by atoms with Crippen molar-refractivity contribution in [3.05, 3.63) is 64.2 Å². The van der Waals surface area contributed by atoms with Crippen molar-refractivity contribution < 1.29 is 19.6 Å². The van der Waals surface area contributed by atoms with Gasteiger partial charge >= 0.3 is 5.97 Å². The van der Waals surface area contributed by atoms with Crippen LogP contribution in [-0.2, 0) is 4.79 Å². The van der Waals surface area contributed by atoms with Crippen molar-refractivity contribution in [1.82, 2.24) is 4.90 Å². The summed E-state index contributed by atoms with van der Waals surface area (Å²) in [7, 11) is 0. The topological polar surface area (TPSA) is 113 Å². The number of anilines is 2. The van der Waals surface area contributed by atoms with Gasteiger partial charge in [0, 0.05) is 30.4 Å². The summed E-state index contributed by atoms with van der Waals surface area (Å²) in [5, 5.41) is 23.5. The van der Waals surface area contributed by atoms with Crippen molar-refractivity contribution >= 4 is 28.9 Å². The molecule has 2 aromatic carbocycles. The van der Waals surface area contributed by atoms with Crippen LogP contribution in [0.15, 0.2) is 48.5 Å². The fourth-order valence-corrected chi connectivity index (χ4v) is 3.11. The van der Waals surface area contributed by atoms with Gasteiger partial charge in [-0.2, -0.15) is 0 Å². The van der Waals surface area contributed by atoms with Gasteiger partial charge in [-0.1, -0.05) is 18.2 Å². The van der Waals surface area contributed by atoms with Crippen LogP contribution < -0.4 is 5.32 Å². The van der Waals surface area contributed by atoms with Crippen LogP contribution in [0.2, 0.25) is 0 Å². The maximum absolute atomic E-state index is 12.7. The van der Waals surface area contributed by atoms with E-state index in [1.807, 2.05) is 18.2 Å². The van der Waals surface area contributed by atoms with Crippen LogP contribution >= 0.6 is 0 Å². The lowest BCUT2D eigenvalue weighted by molar-refractivity contribution is -0.383. The number of nitro benzene ring substituents is 1. The van der Waals surface area contributed by atoms with Crippen molar-refractivity contribution in [2.45, 2.75) is 12.8 Å². The third-order valence-electron chi connectivity index (χ3n) is 4.63. The molecule has 8 nitrogen and oxygen atoms in total. The van der Waals surface area contributed by atoms with E-state index in [9.17, 15) is 19.7 Å². The van der Waals surface area contributed by atoms with Gasteiger partial charge < -0.3 is 15.3 Å². The molecule has 1 heterocycles. The number of nitrogens with zero attached hydrogens (tertiary/aromatic N) is 2. The van der Waals surface area contributed by atoms with Gasteiger partial charge in [0.1, 0.15) is 5.69 Å². The fourth-order valence-electron chi connectivity index (χ4n) is 3.11. The van der Waals surface area contributed by atoms with Crippen LogP contribution in [0, 0.1) is 16.0 Å². The number of benzene rings is 2. The summed E-state index contributed by atoms with van der Waals surface area (Å²) in [4.78, 5) is 36.2. The molecule has 1 saturated heterocycles. The molecule has 1 aliphatic heterocycles. The highest BCUT2D eigenvalue weighted by atomic mass is 16.6. The molecule has 0 saturated carbocycles. The standard InChI is InChI=1S/C19H19N3O5/c23-18(21-10-8-13(9-11-21)19(24)25)14-6-7-16(17(12-14)22(26)27)20-15-4-2-1-3-5-15/h1-7,12-13,20H,8-11H2,(H,24,25). The zero-order chi connectivity index (χ0) is 19.4. The number of hydrogen-bond acceptors (Lipinski definition) is 5. The van der Waals surface area contributed by atoms with Crippen molar-refractivity contribution in [2.75, 3.05) is 18.4 Å². The van der Waals surface area contributed by atoms with E-state index in [1.54, 1.807) is 23.1 Å². The third kappa shape index (κ3) is 4.22. The number of amides is 1. The van der Waals surface area contributed by atoms with Crippen molar-refractivity contribution in [1.29, 1.82) is 0 Å². The number of carbonyl (C=O) groups excluding carboxylic acids is 1. The summed E-state index contributed by atoms with van der Waals surface area (Å²) in [6.45, 7) is 0.654. The highest BCUT2D eigenvalue weighted by molar-refractivity contribution is 5.96. The molecular formula is C19H19N3O5. The summed E-state index contributed by atoms with van der Waals surface area (Å²) in [6.07, 6.45) is 0.771. The van der Waals surface area contributed by atoms with E-state index in [2.05, 4.69) is 5.32 Å². The van der Waals surface area contributed by atoms with Crippen LogP contribution in [0.4, 0.5) is 17.1 Å². The van der Waals surface area contributed by atoms with Crippen molar-refractivity contribution in [3.8, 4) is 0 Å². The number of likely N-dealkylation sites (tertiary alicyclic amines) is 1. The first-order chi connectivity index (χ1) is 13.0. The lowest BCUT2D eigenvalue weighted by atomic mass is 9.96. The minimum atomic E-state index is -0.853. The number of carboxylic acids is 1. The van der Waals surface area contributed by atoms with Crippen LogP contribution in [0.5, 0.6) is 0 Å². The normalized spacial score (nSPS) is 14.6. The van der Waals surface area contributed by atoms with Gasteiger partial charge in [0.15, 0.2) is 0 Å². The first-order valence-corrected chi connectivity index (χ1v) is 8.58. The molecule has 0 aromatic heterocycles. The van der Waals surface area contributed by atoms with Crippen LogP contribution in [-0.4, -0.2) is 39.9 Å². The van der Waals surface area contributed by atoms with Gasteiger partial charge in [-0.15, -0.1) is 0 Å². The molecule has 0 spiro atoms. The van der Waals surface area contributed by atoms with Gasteiger partial charge in [0.05, 0.1) is 10.8 Å². The Morgan fingerprint density at radius 1 is 1.11 bits per heavy atom. The number of hydrogen-bond donors (Lipinski definition) is 2. The average molecular weight is 369 g/mol. The molecule has 3 rings (SSSR count). The van der Waals surface area contributed by atoms with Gasteiger partial charge in [0.2, 0.25) is 0 Å². The first kappa shape index (κ1) is 18.4. The number of aliphatic carboxylic acids is 1. The maximum atomic E-state index is 12.7. The van der Waals surface area contributed by atoms with E-state index in [-0.39, 0.29) is 17.2 Å². The Morgan fingerprint density at radius 2 is 1.78 bits per heavy atom. The molecule has 2 aromatic rings. The summed E-state index contributed by atoms with van der Waals surface area (Å²) in [5.41, 5.74) is 1.03. The number of nitro groups is 1. The van der Waals surface area contributed by atoms with Crippen LogP contribution in [0.3, 0.4) is 0 Å². The average Bonchev–Trinajstić information content (AvgIpc) is 2.68. The Kier molecular flexibility index (Phi) is 5.35. The molecule has 0 radical (unpaired) electrons. The minimum Gasteiger partial charge on any atom is -0.481 e. The zero-order valence-corrected chi connectivity index (χ0v) is 14.5. The van der Waals surface area contributed by atoms with E-state index in [4.69, 9.17) is 5.11 Å². The van der Waals surface area contributed by atoms with Crippen LogP contribution in [0.25, 0.3) is 0 Å². The molecule has 1 fully saturated rings. The largest absolute Gasteiger partial charge is 0.481 e. The number of nitrogens with one attached hydrogen (secondary N) is 1. The second-order valence-electron chi connectivity index (χ2n) is 6.38. The molecule has 1 amide bonds. The van der Waals surface area contributed by atoms with Crippen molar-refractivity contribution in [2.24, 2.45) is 5.92 Å². The molecule has 0 atom stereocenters. The highest BCUT2D eigenvalue weighted by Gasteiger charge is 2.28. The summed E-state index contributed by atoms with van der Waals surface area (Å²) in [5.74, 6) is -1.62. The van der Waals surface area contributed by atoms with E-state index in [0.29, 0.717) is 37.3 Å². The third-order valence-corrected chi connectivity index (χ3v) is 4.63. The van der Waals surface area contributed by atoms with Gasteiger partial charge in [-0.3, -0.25) is 19.7 Å². The number of carbonyl (C=O) groups is 2. The number of para-hydroxylation sites is 1. The molecule has 2 N–H and O–H groups in total. The second kappa shape index (κ2) is 7.86. The van der Waals surface area contributed by atoms with E-state index in [1.165, 1.54) is 12.1 Å². The Morgan fingerprint density at radius 3 is 2.37 bits per heavy atom. The quantitative estimate of drug-likeness (QED) is 0.618. The fraction of sp³-hybridized carbons (Fsp3) is 0.263. The predicted octanol–water partition coefficient (Wildman–Crippen LogP) is 3.28. The first-order valence-electron chi connectivity index (χ1n) is 8.58. The predicted molar refractivity (Wildman–Crippen MR) is 99.1 cm³/mol. The molecule has 8 heteroatoms. The van der Waals surface area contributed by atoms with Gasteiger partial charge in [0.25, 0.3) is 11.6 Å². The SMILES string of the molecule is O=C(O)C1CCN(C(=O)c2ccc(Nc3ccccc3)c([N+](=O)[O-])c2)CC1. The van der Waals surface area contributed by atoms with Gasteiger partial charge in [-0.25, -0.2) is 0 Å². The molecule has 0 aliphatic carbocycles. The monoisotopic (exact) mass is 369 g/mol. The lowest BCUT2D eigenvalue weighted by Crippen LogP contribution is -2.40. The van der Waals surface area contributed by atoms with Crippen LogP contribution in [0.1, 0.15) is 23.2 Å². The Bertz CT molecular complexity index is 861. The van der Waals surface area contributed by atoms with E-state index >= 15 is 0 Å². The molecule has 0 bridgehead atoms. The molecule has 27 heavy (non-hydrogen) atoms. The van der Waals surface area contributed by atoms with E-state index in [0.717, 1.165) is 0 Å². The van der Waals surface area contributed by atoms with E-state index < -0.39 is 16.8 Å². The minimum absolute atomic E-state index is 0.190. The molecular weight excluding hydrogens is 350 g/mol. The zero-order valence-electron chi connectivity index (χ0n) is 14.5. The smallest absolute Gasteiger partial charge is 0.306 e. The number of carboxylic acid groups (broad SMARTS) is 1. The maximum Gasteiger partial charge on any atom is 0.306 e. The second-order valence-corrected chi connectivity index (χ2v) is 6.38. The highest BCUT2D eigenvalue weighted by Crippen LogP contribution is 2.29. The molecule has 140 valence electrons. The number of rotatable bonds is 5. The summed E-state index contributed by atoms with van der Waals surface area (Å²) >= 11 is 0. The Labute approximate surface area is 155 Å². The summed E-state index contributed by atoms with van der Waals surface area (Å²) in [6, 6.07) is 13.4. The van der Waals surface area contributed by atoms with Gasteiger partial charge in [-0.05, 0) is 37.1 Å². The lowest BCUT2D eigenvalue weighted by Gasteiger charge is -2.30. The van der Waals surface area contributed by atoms with Crippen molar-refractivity contribution in [3.63, 3.8) is 0 Å². The Balaban J connectivity index is 1.78. The number of piperidine rings is 1. The molecule has 0 unspecified atom stereocenters. The summed E-state index contributed by atoms with van der Waals surface area (Å²) < 4.78 is 0.